The number of aliphatic hydroxyl groups excluding tert-OH is 2. The van der Waals surface area contributed by atoms with Crippen LogP contribution < -0.4 is 17.1 Å². The molecule has 0 aliphatic rings. The molecule has 0 amide bonds. The number of unbranched alkanes of at least 4 members (excludes halogenated alkanes) is 14. The molecule has 0 unspecified atom stereocenters. The Bertz CT molecular complexity index is 876. The van der Waals surface area contributed by atoms with Crippen molar-refractivity contribution in [2.75, 3.05) is 19.8 Å². The molecule has 1 aromatic heterocycles. The lowest BCUT2D eigenvalue weighted by atomic mass is 10.0. The fourth-order valence-corrected chi connectivity index (χ4v) is 4.42. The van der Waals surface area contributed by atoms with Gasteiger partial charge < -0.3 is 14.9 Å². The van der Waals surface area contributed by atoms with Crippen molar-refractivity contribution in [1.29, 1.82) is 0 Å². The number of esters is 1. The Balaban J connectivity index is 2.19. The number of aliphatic hydroxyl groups is 2. The van der Waals surface area contributed by atoms with E-state index >= 15 is 0 Å². The van der Waals surface area contributed by atoms with E-state index in [-0.39, 0.29) is 38.6 Å². The van der Waals surface area contributed by atoms with Crippen LogP contribution >= 0.6 is 0 Å². The summed E-state index contributed by atoms with van der Waals surface area (Å²) in [5.41, 5.74) is -2.65. The van der Waals surface area contributed by atoms with Crippen LogP contribution in [0.3, 0.4) is 0 Å². The molecule has 0 spiro atoms. The Kier molecular flexibility index (Phi) is 18.5. The van der Waals surface area contributed by atoms with Gasteiger partial charge in [0.15, 0.2) is 0 Å². The van der Waals surface area contributed by atoms with Crippen LogP contribution in [0, 0.1) is 0 Å². The average molecular weight is 528 g/mol. The molecule has 1 heterocycles. The molecule has 0 aromatic carbocycles. The van der Waals surface area contributed by atoms with Gasteiger partial charge in [-0.2, -0.15) is 0 Å². The fraction of sp³-hybridized carbons (Fsp3) is 0.852. The standard InChI is InChI=1S/C27H49N3O7/c1-2-3-4-5-6-7-8-9-10-11-12-13-14-15-16-17-24(33)37-23-20-30-26(35)28(18-21-31)25(34)29(19-22-32)27(30)36/h31-32H,2-23H2,1H3. The Hall–Kier alpha value is -2.20. The second-order valence-electron chi connectivity index (χ2n) is 9.67. The van der Waals surface area contributed by atoms with E-state index in [0.29, 0.717) is 0 Å². The van der Waals surface area contributed by atoms with Crippen molar-refractivity contribution in [2.24, 2.45) is 0 Å². The SMILES string of the molecule is CCCCCCCCCCCCCCCCCC(=O)OCCn1c(=O)n(CCO)c(=O)n(CCO)c1=O. The number of carbonyl (C=O) groups excluding carboxylic acids is 1. The van der Waals surface area contributed by atoms with E-state index in [1.807, 2.05) is 0 Å². The highest BCUT2D eigenvalue weighted by Gasteiger charge is 2.15. The maximum atomic E-state index is 12.5. The summed E-state index contributed by atoms with van der Waals surface area (Å²) in [6, 6.07) is 0. The summed E-state index contributed by atoms with van der Waals surface area (Å²) in [6.07, 6.45) is 19.0. The highest BCUT2D eigenvalue weighted by molar-refractivity contribution is 5.69. The molecule has 10 heteroatoms. The number of aromatic nitrogens is 3. The lowest BCUT2D eigenvalue weighted by Gasteiger charge is -2.13. The molecule has 1 aromatic rings. The summed E-state index contributed by atoms with van der Waals surface area (Å²) >= 11 is 0. The van der Waals surface area contributed by atoms with Crippen LogP contribution in [0.2, 0.25) is 0 Å². The van der Waals surface area contributed by atoms with E-state index in [2.05, 4.69) is 6.92 Å². The van der Waals surface area contributed by atoms with Crippen molar-refractivity contribution >= 4 is 5.97 Å². The Labute approximate surface area is 220 Å². The third-order valence-electron chi connectivity index (χ3n) is 6.60. The van der Waals surface area contributed by atoms with E-state index in [9.17, 15) is 19.2 Å². The van der Waals surface area contributed by atoms with Gasteiger partial charge in [-0.05, 0) is 6.42 Å². The molecule has 1 rings (SSSR count). The van der Waals surface area contributed by atoms with Gasteiger partial charge in [-0.3, -0.25) is 4.79 Å². The number of rotatable bonds is 23. The van der Waals surface area contributed by atoms with Gasteiger partial charge in [-0.1, -0.05) is 96.8 Å². The van der Waals surface area contributed by atoms with Crippen molar-refractivity contribution in [3.63, 3.8) is 0 Å². The average Bonchev–Trinajstić information content (AvgIpc) is 2.88. The maximum absolute atomic E-state index is 12.5. The van der Waals surface area contributed by atoms with Gasteiger partial charge in [-0.25, -0.2) is 28.1 Å². The largest absolute Gasteiger partial charge is 0.464 e. The first kappa shape index (κ1) is 32.8. The molecular formula is C27H49N3O7. The number of carbonyl (C=O) groups is 1. The van der Waals surface area contributed by atoms with Crippen molar-refractivity contribution < 1.29 is 19.7 Å². The van der Waals surface area contributed by atoms with E-state index in [1.165, 1.54) is 77.0 Å². The normalized spacial score (nSPS) is 11.2. The predicted octanol–water partition coefficient (Wildman–Crippen LogP) is 2.96. The number of ether oxygens (including phenoxy) is 1. The molecule has 2 N–H and O–H groups in total. The van der Waals surface area contributed by atoms with Crippen molar-refractivity contribution in [3.05, 3.63) is 31.5 Å². The van der Waals surface area contributed by atoms with Crippen molar-refractivity contribution in [2.45, 2.75) is 129 Å². The van der Waals surface area contributed by atoms with Gasteiger partial charge in [0.25, 0.3) is 0 Å². The van der Waals surface area contributed by atoms with Crippen LogP contribution in [0.4, 0.5) is 0 Å². The molecule has 10 nitrogen and oxygen atoms in total. The van der Waals surface area contributed by atoms with E-state index in [0.717, 1.165) is 33.0 Å². The van der Waals surface area contributed by atoms with E-state index in [1.54, 1.807) is 0 Å². The molecule has 0 saturated heterocycles. The summed E-state index contributed by atoms with van der Waals surface area (Å²) in [7, 11) is 0. The minimum absolute atomic E-state index is 0.177. The summed E-state index contributed by atoms with van der Waals surface area (Å²) in [6.45, 7) is 0.396. The van der Waals surface area contributed by atoms with Crippen LogP contribution in [-0.2, 0) is 29.2 Å². The maximum Gasteiger partial charge on any atom is 0.336 e. The third-order valence-corrected chi connectivity index (χ3v) is 6.60. The third kappa shape index (κ3) is 13.2. The Morgan fingerprint density at radius 3 is 1.32 bits per heavy atom. The summed E-state index contributed by atoms with van der Waals surface area (Å²) in [4.78, 5) is 49.2. The summed E-state index contributed by atoms with van der Waals surface area (Å²) in [5, 5.41) is 18.2. The zero-order valence-corrected chi connectivity index (χ0v) is 22.8. The van der Waals surface area contributed by atoms with E-state index in [4.69, 9.17) is 14.9 Å². The number of nitrogens with zero attached hydrogens (tertiary/aromatic N) is 3. The topological polar surface area (TPSA) is 133 Å². The summed E-state index contributed by atoms with van der Waals surface area (Å²) < 4.78 is 7.42. The first-order chi connectivity index (χ1) is 18.0. The minimum Gasteiger partial charge on any atom is -0.464 e. The number of hydrogen-bond donors (Lipinski definition) is 2. The van der Waals surface area contributed by atoms with Gasteiger partial charge >= 0.3 is 23.0 Å². The van der Waals surface area contributed by atoms with Gasteiger partial charge in [0, 0.05) is 6.42 Å². The smallest absolute Gasteiger partial charge is 0.336 e. The highest BCUT2D eigenvalue weighted by atomic mass is 16.5. The molecular weight excluding hydrogens is 478 g/mol. The summed E-state index contributed by atoms with van der Waals surface area (Å²) in [5.74, 6) is -0.387. The van der Waals surface area contributed by atoms with Crippen LogP contribution in [-0.4, -0.2) is 49.7 Å². The first-order valence-electron chi connectivity index (χ1n) is 14.3. The van der Waals surface area contributed by atoms with Gasteiger partial charge in [-0.15, -0.1) is 0 Å². The molecule has 0 saturated carbocycles. The van der Waals surface area contributed by atoms with E-state index < -0.39 is 30.3 Å². The molecule has 214 valence electrons. The molecule has 0 aliphatic carbocycles. The number of hydrogen-bond acceptors (Lipinski definition) is 7. The van der Waals surface area contributed by atoms with Crippen molar-refractivity contribution in [3.8, 4) is 0 Å². The van der Waals surface area contributed by atoms with Crippen molar-refractivity contribution in [1.82, 2.24) is 13.7 Å². The van der Waals surface area contributed by atoms with Crippen LogP contribution in [0.15, 0.2) is 14.4 Å². The zero-order valence-electron chi connectivity index (χ0n) is 22.8. The first-order valence-corrected chi connectivity index (χ1v) is 14.3. The highest BCUT2D eigenvalue weighted by Crippen LogP contribution is 2.13. The monoisotopic (exact) mass is 527 g/mol. The molecule has 0 radical (unpaired) electrons. The van der Waals surface area contributed by atoms with Crippen LogP contribution in [0.1, 0.15) is 110 Å². The molecule has 0 atom stereocenters. The van der Waals surface area contributed by atoms with Crippen LogP contribution in [0.5, 0.6) is 0 Å². The fourth-order valence-electron chi connectivity index (χ4n) is 4.42. The van der Waals surface area contributed by atoms with Gasteiger partial charge in [0.2, 0.25) is 0 Å². The lowest BCUT2D eigenvalue weighted by Crippen LogP contribution is -2.55. The molecule has 0 aliphatic heterocycles. The lowest BCUT2D eigenvalue weighted by molar-refractivity contribution is -0.144. The Morgan fingerprint density at radius 2 is 0.946 bits per heavy atom. The quantitative estimate of drug-likeness (QED) is 0.165. The zero-order chi connectivity index (χ0) is 27.3. The van der Waals surface area contributed by atoms with Gasteiger partial charge in [0.1, 0.15) is 6.61 Å². The Morgan fingerprint density at radius 1 is 0.595 bits per heavy atom. The predicted molar refractivity (Wildman–Crippen MR) is 144 cm³/mol. The second kappa shape index (κ2) is 20.8. The van der Waals surface area contributed by atoms with Crippen LogP contribution in [0.25, 0.3) is 0 Å². The van der Waals surface area contributed by atoms with Gasteiger partial charge in [0.05, 0.1) is 32.8 Å². The minimum atomic E-state index is -0.889. The molecule has 37 heavy (non-hydrogen) atoms. The molecule has 0 bridgehead atoms. The second-order valence-corrected chi connectivity index (χ2v) is 9.67. The molecule has 0 fully saturated rings.